The number of carbonyl (C=O) groups excluding carboxylic acids is 1. The lowest BCUT2D eigenvalue weighted by atomic mass is 9.96. The number of hydrogen-bond donors (Lipinski definition) is 1. The highest BCUT2D eigenvalue weighted by atomic mass is 16.1. The molecule has 0 spiro atoms. The van der Waals surface area contributed by atoms with Gasteiger partial charge in [-0.3, -0.25) is 9.78 Å². The number of nitrogens with one attached hydrogen (secondary N) is 1. The number of benzene rings is 1. The summed E-state index contributed by atoms with van der Waals surface area (Å²) in [6.45, 7) is 11.0. The van der Waals surface area contributed by atoms with Gasteiger partial charge in [-0.1, -0.05) is 40.3 Å². The van der Waals surface area contributed by atoms with Crippen LogP contribution < -0.4 is 5.32 Å². The van der Waals surface area contributed by atoms with E-state index in [2.05, 4.69) is 37.1 Å². The van der Waals surface area contributed by atoms with Crippen LogP contribution in [0.2, 0.25) is 0 Å². The van der Waals surface area contributed by atoms with E-state index in [9.17, 15) is 4.79 Å². The van der Waals surface area contributed by atoms with Crippen LogP contribution in [0.5, 0.6) is 0 Å². The van der Waals surface area contributed by atoms with E-state index in [1.807, 2.05) is 44.3 Å². The summed E-state index contributed by atoms with van der Waals surface area (Å²) in [6, 6.07) is 9.83. The van der Waals surface area contributed by atoms with E-state index in [1.165, 1.54) is 0 Å². The summed E-state index contributed by atoms with van der Waals surface area (Å²) in [7, 11) is 0. The fourth-order valence-corrected chi connectivity index (χ4v) is 2.18. The molecule has 0 atom stereocenters. The Bertz CT molecular complexity index is 673. The van der Waals surface area contributed by atoms with E-state index in [0.29, 0.717) is 12.1 Å². The van der Waals surface area contributed by atoms with Crippen LogP contribution in [0.4, 0.5) is 0 Å². The minimum atomic E-state index is -0.0273. The lowest BCUT2D eigenvalue weighted by Crippen LogP contribution is -2.32. The number of carbonyl (C=O) groups is 1. The highest BCUT2D eigenvalue weighted by Crippen LogP contribution is 2.23. The molecule has 1 heterocycles. The van der Waals surface area contributed by atoms with Crippen molar-refractivity contribution in [1.82, 2.24) is 10.3 Å². The normalized spacial score (nSPS) is 10.8. The molecule has 1 aromatic heterocycles. The van der Waals surface area contributed by atoms with Gasteiger partial charge < -0.3 is 5.32 Å². The molecule has 0 saturated carbocycles. The monoisotopic (exact) mass is 314 g/mol. The van der Waals surface area contributed by atoms with E-state index in [0.717, 1.165) is 22.4 Å². The molecule has 0 fully saturated rings. The Kier molecular flexibility index (Phi) is 6.08. The quantitative estimate of drug-likeness (QED) is 0.864. The van der Waals surface area contributed by atoms with Crippen molar-refractivity contribution in [3.05, 3.63) is 53.3 Å². The zero-order valence-electron chi connectivity index (χ0n) is 14.0. The predicted molar refractivity (Wildman–Crippen MR) is 99.8 cm³/mol. The number of amides is 1. The molecule has 2 rings (SSSR count). The van der Waals surface area contributed by atoms with Crippen LogP contribution >= 0.6 is 0 Å². The second kappa shape index (κ2) is 7.40. The first-order chi connectivity index (χ1) is 10.3. The summed E-state index contributed by atoms with van der Waals surface area (Å²) in [5.74, 6) is -0.0273. The zero-order valence-corrected chi connectivity index (χ0v) is 14.0. The molecule has 0 radical (unpaired) electrons. The van der Waals surface area contributed by atoms with Gasteiger partial charge in [-0.15, -0.1) is 0 Å². The third kappa shape index (κ3) is 5.20. The van der Waals surface area contributed by atoms with Crippen molar-refractivity contribution in [2.45, 2.75) is 42.0 Å². The van der Waals surface area contributed by atoms with E-state index in [4.69, 9.17) is 0 Å². The van der Waals surface area contributed by atoms with Gasteiger partial charge in [-0.2, -0.15) is 0 Å². The molecule has 0 aliphatic heterocycles. The molecule has 0 unspecified atom stereocenters. The number of aromatic nitrogens is 1. The molecule has 0 saturated heterocycles. The van der Waals surface area contributed by atoms with Crippen LogP contribution in [-0.2, 0) is 0 Å². The predicted octanol–water partition coefficient (Wildman–Crippen LogP) is 5.02. The van der Waals surface area contributed by atoms with Crippen LogP contribution in [0.1, 0.15) is 51.2 Å². The van der Waals surface area contributed by atoms with Gasteiger partial charge in [0.05, 0.1) is 0 Å². The third-order valence-corrected chi connectivity index (χ3v) is 3.46. The Morgan fingerprint density at radius 1 is 1.17 bits per heavy atom. The summed E-state index contributed by atoms with van der Waals surface area (Å²) in [4.78, 5) is 16.5. The van der Waals surface area contributed by atoms with Crippen molar-refractivity contribution in [3.63, 3.8) is 0 Å². The maximum atomic E-state index is 12.1. The fraction of sp³-hybridized carbons (Fsp3) is 0.400. The van der Waals surface area contributed by atoms with Gasteiger partial charge in [0.2, 0.25) is 0 Å². The van der Waals surface area contributed by atoms with Crippen molar-refractivity contribution in [3.8, 4) is 11.1 Å². The maximum absolute atomic E-state index is 12.1. The highest BCUT2D eigenvalue weighted by molar-refractivity contribution is 5.94. The molecule has 1 N–H and O–H groups in total. The van der Waals surface area contributed by atoms with Crippen LogP contribution in [0.25, 0.3) is 11.1 Å². The Balaban J connectivity index is 0.00000264. The van der Waals surface area contributed by atoms with Crippen molar-refractivity contribution in [2.75, 3.05) is 6.54 Å². The molecule has 0 aliphatic carbocycles. The van der Waals surface area contributed by atoms with Gasteiger partial charge in [0.1, 0.15) is 0 Å². The molecule has 1 aromatic carbocycles. The largest absolute Gasteiger partial charge is 0.352 e. The number of aryl methyl sites for hydroxylation is 2. The first kappa shape index (κ1) is 18.9. The summed E-state index contributed by atoms with van der Waals surface area (Å²) in [6.07, 6.45) is 1.87. The zero-order chi connectivity index (χ0) is 16.3. The molecule has 2 aromatic rings. The average molecular weight is 314 g/mol. The Labute approximate surface area is 141 Å². The molecule has 3 nitrogen and oxygen atoms in total. The van der Waals surface area contributed by atoms with Gasteiger partial charge in [-0.25, -0.2) is 0 Å². The minimum Gasteiger partial charge on any atom is -0.352 e. The third-order valence-electron chi connectivity index (χ3n) is 3.46. The van der Waals surface area contributed by atoms with Crippen LogP contribution in [0.15, 0.2) is 36.5 Å². The molecule has 23 heavy (non-hydrogen) atoms. The summed E-state index contributed by atoms with van der Waals surface area (Å²) >= 11 is 0. The highest BCUT2D eigenvalue weighted by Gasteiger charge is 2.13. The van der Waals surface area contributed by atoms with Crippen molar-refractivity contribution >= 4 is 5.91 Å². The first-order valence-corrected chi connectivity index (χ1v) is 7.58. The maximum Gasteiger partial charge on any atom is 0.251 e. The molecule has 0 bridgehead atoms. The number of pyridine rings is 1. The summed E-state index contributed by atoms with van der Waals surface area (Å²) in [5.41, 5.74) is 5.09. The van der Waals surface area contributed by atoms with Gasteiger partial charge >= 0.3 is 0 Å². The number of hydrogen-bond acceptors (Lipinski definition) is 2. The summed E-state index contributed by atoms with van der Waals surface area (Å²) in [5, 5.41) is 2.97. The average Bonchev–Trinajstić information content (AvgIpc) is 2.47. The van der Waals surface area contributed by atoms with E-state index < -0.39 is 0 Å². The number of nitrogens with zero attached hydrogens (tertiary/aromatic N) is 1. The topological polar surface area (TPSA) is 42.0 Å². The van der Waals surface area contributed by atoms with Crippen molar-refractivity contribution < 1.29 is 6.22 Å². The molecular formula is C20H30N2O. The lowest BCUT2D eigenvalue weighted by molar-refractivity contribution is 0.0939. The van der Waals surface area contributed by atoms with E-state index in [1.54, 1.807) is 0 Å². The van der Waals surface area contributed by atoms with Crippen molar-refractivity contribution in [2.24, 2.45) is 5.41 Å². The van der Waals surface area contributed by atoms with Crippen LogP contribution in [0, 0.1) is 19.3 Å². The van der Waals surface area contributed by atoms with Gasteiger partial charge in [0.15, 0.2) is 0 Å². The van der Waals surface area contributed by atoms with Gasteiger partial charge in [0.25, 0.3) is 5.91 Å². The standard InChI is InChI=1S/C19H24N2O.CH4.H2/c1-13-10-17(14(2)20-11-13)15-6-8-16(9-7-15)18(22)21-12-19(3,4)5;;/h6-11H,12H2,1-5H3,(H,21,22);1H4;1H. The van der Waals surface area contributed by atoms with Gasteiger partial charge in [-0.05, 0) is 48.6 Å². The molecule has 3 heteroatoms. The lowest BCUT2D eigenvalue weighted by Gasteiger charge is -2.18. The first-order valence-electron chi connectivity index (χ1n) is 7.58. The van der Waals surface area contributed by atoms with E-state index in [-0.39, 0.29) is 20.2 Å². The molecular weight excluding hydrogens is 284 g/mol. The number of rotatable bonds is 3. The molecule has 126 valence electrons. The second-order valence-corrected chi connectivity index (χ2v) is 6.97. The fourth-order valence-electron chi connectivity index (χ4n) is 2.18. The van der Waals surface area contributed by atoms with E-state index >= 15 is 0 Å². The van der Waals surface area contributed by atoms with Crippen LogP contribution in [0.3, 0.4) is 0 Å². The SMILES string of the molecule is C.Cc1cnc(C)c(-c2ccc(C(=O)NCC(C)(C)C)cc2)c1.[HH]. The Hall–Kier alpha value is -2.16. The summed E-state index contributed by atoms with van der Waals surface area (Å²) < 4.78 is 0. The Morgan fingerprint density at radius 3 is 2.35 bits per heavy atom. The second-order valence-electron chi connectivity index (χ2n) is 6.97. The minimum absolute atomic E-state index is 0. The smallest absolute Gasteiger partial charge is 0.251 e. The molecule has 1 amide bonds. The Morgan fingerprint density at radius 2 is 1.78 bits per heavy atom. The van der Waals surface area contributed by atoms with Crippen LogP contribution in [-0.4, -0.2) is 17.4 Å². The molecule has 0 aliphatic rings. The van der Waals surface area contributed by atoms with Gasteiger partial charge in [0, 0.05) is 31.0 Å². The van der Waals surface area contributed by atoms with Crippen molar-refractivity contribution in [1.29, 1.82) is 0 Å².